The predicted molar refractivity (Wildman–Crippen MR) is 86.8 cm³/mol. The maximum absolute atomic E-state index is 10.8. The monoisotopic (exact) mass is 318 g/mol. The number of imidazole rings is 1. The first-order valence-corrected chi connectivity index (χ1v) is 7.14. The second-order valence-corrected chi connectivity index (χ2v) is 5.17. The van der Waals surface area contributed by atoms with E-state index >= 15 is 0 Å². The Hall–Kier alpha value is -2.51. The molecule has 0 bridgehead atoms. The molecule has 0 aliphatic heterocycles. The van der Waals surface area contributed by atoms with Crippen LogP contribution in [0.1, 0.15) is 18.2 Å². The molecule has 2 unspecified atom stereocenters. The van der Waals surface area contributed by atoms with E-state index in [1.54, 1.807) is 36.8 Å². The van der Waals surface area contributed by atoms with Gasteiger partial charge < -0.3 is 26.4 Å². The Morgan fingerprint density at radius 1 is 1.30 bits per heavy atom. The Balaban J connectivity index is 0.000000238. The van der Waals surface area contributed by atoms with Crippen LogP contribution in [0.15, 0.2) is 36.8 Å². The van der Waals surface area contributed by atoms with Gasteiger partial charge in [-0.3, -0.25) is 4.79 Å². The summed E-state index contributed by atoms with van der Waals surface area (Å²) in [6, 6.07) is 5.84. The number of ketones is 1. The minimum Gasteiger partial charge on any atom is -0.508 e. The van der Waals surface area contributed by atoms with Crippen LogP contribution in [0.5, 0.6) is 5.75 Å². The first kappa shape index (κ1) is 18.5. The van der Waals surface area contributed by atoms with Gasteiger partial charge in [-0.05, 0) is 31.0 Å². The third kappa shape index (κ3) is 7.35. The second kappa shape index (κ2) is 9.50. The highest BCUT2D eigenvalue weighted by Crippen LogP contribution is 2.10. The fourth-order valence-corrected chi connectivity index (χ4v) is 1.73. The van der Waals surface area contributed by atoms with Crippen molar-refractivity contribution in [1.82, 2.24) is 9.97 Å². The summed E-state index contributed by atoms with van der Waals surface area (Å²) in [4.78, 5) is 27.5. The number of aromatic amines is 1. The molecular formula is C16H22N4O3. The van der Waals surface area contributed by atoms with Crippen LogP contribution < -0.4 is 11.5 Å². The summed E-state index contributed by atoms with van der Waals surface area (Å²) in [6.45, 7) is 1.48. The zero-order chi connectivity index (χ0) is 17.2. The van der Waals surface area contributed by atoms with E-state index in [0.29, 0.717) is 12.8 Å². The molecule has 124 valence electrons. The lowest BCUT2D eigenvalue weighted by molar-refractivity contribution is -0.118. The molecule has 7 heteroatoms. The summed E-state index contributed by atoms with van der Waals surface area (Å²) in [5.41, 5.74) is 12.8. The number of phenolic OH excluding ortho intramolecular Hbond substituents is 1. The largest absolute Gasteiger partial charge is 0.508 e. The fraction of sp³-hybridized carbons (Fsp3) is 0.312. The summed E-state index contributed by atoms with van der Waals surface area (Å²) in [7, 11) is 0. The van der Waals surface area contributed by atoms with E-state index in [2.05, 4.69) is 9.97 Å². The van der Waals surface area contributed by atoms with E-state index < -0.39 is 12.1 Å². The van der Waals surface area contributed by atoms with Gasteiger partial charge >= 0.3 is 0 Å². The molecule has 0 saturated carbocycles. The van der Waals surface area contributed by atoms with Crippen LogP contribution in [0.2, 0.25) is 0 Å². The van der Waals surface area contributed by atoms with Crippen molar-refractivity contribution in [3.05, 3.63) is 48.0 Å². The summed E-state index contributed by atoms with van der Waals surface area (Å²) in [5, 5.41) is 9.00. The summed E-state index contributed by atoms with van der Waals surface area (Å²) in [5.74, 6) is 0.202. The lowest BCUT2D eigenvalue weighted by atomic mass is 10.0. The number of aromatic nitrogens is 2. The van der Waals surface area contributed by atoms with Crippen molar-refractivity contribution in [2.24, 2.45) is 11.5 Å². The van der Waals surface area contributed by atoms with E-state index in [9.17, 15) is 9.59 Å². The molecule has 1 heterocycles. The Labute approximate surface area is 134 Å². The number of aldehydes is 1. The Bertz CT molecular complexity index is 596. The van der Waals surface area contributed by atoms with Crippen molar-refractivity contribution >= 4 is 12.1 Å². The lowest BCUT2D eigenvalue weighted by Crippen LogP contribution is -2.30. The van der Waals surface area contributed by atoms with E-state index in [1.165, 1.54) is 6.92 Å². The highest BCUT2D eigenvalue weighted by Gasteiger charge is 2.08. The molecule has 0 fully saturated rings. The molecule has 0 aliphatic rings. The van der Waals surface area contributed by atoms with Gasteiger partial charge in [0.2, 0.25) is 0 Å². The quantitative estimate of drug-likeness (QED) is 0.567. The average molecular weight is 318 g/mol. The summed E-state index contributed by atoms with van der Waals surface area (Å²) in [6.07, 6.45) is 5.00. The van der Waals surface area contributed by atoms with Crippen LogP contribution in [0.25, 0.3) is 0 Å². The molecule has 6 N–H and O–H groups in total. The number of H-pyrrole nitrogens is 1. The number of aromatic hydroxyl groups is 1. The van der Waals surface area contributed by atoms with Crippen LogP contribution in [-0.2, 0) is 22.4 Å². The van der Waals surface area contributed by atoms with Gasteiger partial charge in [0.1, 0.15) is 17.8 Å². The number of rotatable bonds is 6. The van der Waals surface area contributed by atoms with Crippen molar-refractivity contribution in [3.8, 4) is 5.75 Å². The zero-order valence-corrected chi connectivity index (χ0v) is 13.0. The first-order valence-electron chi connectivity index (χ1n) is 7.14. The molecule has 23 heavy (non-hydrogen) atoms. The van der Waals surface area contributed by atoms with Gasteiger partial charge in [-0.1, -0.05) is 12.1 Å². The first-order chi connectivity index (χ1) is 10.9. The molecule has 0 spiro atoms. The Morgan fingerprint density at radius 3 is 2.43 bits per heavy atom. The highest BCUT2D eigenvalue weighted by atomic mass is 16.3. The summed E-state index contributed by atoms with van der Waals surface area (Å²) < 4.78 is 0. The van der Waals surface area contributed by atoms with Crippen molar-refractivity contribution in [2.45, 2.75) is 31.8 Å². The standard InChI is InChI=1S/C10H13NO2.C6H9N3O/c1-7(12)10(11)6-8-2-4-9(13)5-3-8;7-5(3-10)1-6-2-8-4-9-6/h2-5,10,13H,6,11H2,1H3;2-5H,1,7H2,(H,8,9). The molecule has 0 aliphatic carbocycles. The molecule has 2 rings (SSSR count). The van der Waals surface area contributed by atoms with Gasteiger partial charge in [-0.25, -0.2) is 4.98 Å². The second-order valence-electron chi connectivity index (χ2n) is 5.17. The van der Waals surface area contributed by atoms with Crippen LogP contribution >= 0.6 is 0 Å². The number of benzene rings is 1. The molecule has 0 amide bonds. The van der Waals surface area contributed by atoms with Crippen LogP contribution in [-0.4, -0.2) is 39.2 Å². The molecule has 1 aromatic carbocycles. The molecular weight excluding hydrogens is 296 g/mol. The highest BCUT2D eigenvalue weighted by molar-refractivity contribution is 5.81. The number of nitrogens with one attached hydrogen (secondary N) is 1. The SMILES string of the molecule is CC(=O)C(N)Cc1ccc(O)cc1.NC(C=O)Cc1cnc[nH]1. The normalized spacial score (nSPS) is 12.7. The molecule has 1 aromatic heterocycles. The van der Waals surface area contributed by atoms with Crippen molar-refractivity contribution in [3.63, 3.8) is 0 Å². The van der Waals surface area contributed by atoms with Gasteiger partial charge in [0.15, 0.2) is 0 Å². The molecule has 0 saturated heterocycles. The number of nitrogens with zero attached hydrogens (tertiary/aromatic N) is 1. The van der Waals surface area contributed by atoms with Gasteiger partial charge in [0.05, 0.1) is 18.4 Å². The third-order valence-electron chi connectivity index (χ3n) is 3.10. The van der Waals surface area contributed by atoms with Crippen LogP contribution in [0.4, 0.5) is 0 Å². The topological polar surface area (TPSA) is 135 Å². The van der Waals surface area contributed by atoms with Gasteiger partial charge in [0.25, 0.3) is 0 Å². The minimum absolute atomic E-state index is 0.0203. The average Bonchev–Trinajstić information content (AvgIpc) is 3.03. The van der Waals surface area contributed by atoms with E-state index in [-0.39, 0.29) is 11.5 Å². The molecule has 0 radical (unpaired) electrons. The number of nitrogens with two attached hydrogens (primary N) is 2. The minimum atomic E-state index is -0.440. The number of phenols is 1. The van der Waals surface area contributed by atoms with E-state index in [4.69, 9.17) is 16.6 Å². The number of hydrogen-bond donors (Lipinski definition) is 4. The van der Waals surface area contributed by atoms with Crippen LogP contribution in [0.3, 0.4) is 0 Å². The molecule has 2 aromatic rings. The number of Topliss-reactive ketones (excluding diaryl/α,β-unsaturated/α-hetero) is 1. The van der Waals surface area contributed by atoms with Crippen molar-refractivity contribution < 1.29 is 14.7 Å². The smallest absolute Gasteiger partial charge is 0.146 e. The maximum atomic E-state index is 10.8. The van der Waals surface area contributed by atoms with Gasteiger partial charge in [0, 0.05) is 18.3 Å². The number of carbonyl (C=O) groups is 2. The Morgan fingerprint density at radius 2 is 1.96 bits per heavy atom. The molecule has 7 nitrogen and oxygen atoms in total. The fourth-order valence-electron chi connectivity index (χ4n) is 1.73. The number of hydrogen-bond acceptors (Lipinski definition) is 6. The van der Waals surface area contributed by atoms with Gasteiger partial charge in [-0.2, -0.15) is 0 Å². The van der Waals surface area contributed by atoms with Gasteiger partial charge in [-0.15, -0.1) is 0 Å². The van der Waals surface area contributed by atoms with E-state index in [1.807, 2.05) is 0 Å². The zero-order valence-electron chi connectivity index (χ0n) is 13.0. The van der Waals surface area contributed by atoms with Crippen molar-refractivity contribution in [2.75, 3.05) is 0 Å². The van der Waals surface area contributed by atoms with E-state index in [0.717, 1.165) is 17.5 Å². The predicted octanol–water partition coefficient (Wildman–Crippen LogP) is 0.329. The Kier molecular flexibility index (Phi) is 7.65. The summed E-state index contributed by atoms with van der Waals surface area (Å²) >= 11 is 0. The third-order valence-corrected chi connectivity index (χ3v) is 3.10. The lowest BCUT2D eigenvalue weighted by Gasteiger charge is -2.07. The number of carbonyl (C=O) groups excluding carboxylic acids is 2. The molecule has 2 atom stereocenters. The maximum Gasteiger partial charge on any atom is 0.146 e. The van der Waals surface area contributed by atoms with Crippen LogP contribution in [0, 0.1) is 0 Å². The van der Waals surface area contributed by atoms with Crippen molar-refractivity contribution in [1.29, 1.82) is 0 Å².